The van der Waals surface area contributed by atoms with Crippen LogP contribution in [0.15, 0.2) is 28.7 Å². The lowest BCUT2D eigenvalue weighted by atomic mass is 10.0. The summed E-state index contributed by atoms with van der Waals surface area (Å²) in [6, 6.07) is 6.71. The average Bonchev–Trinajstić information content (AvgIpc) is 2.26. The van der Waals surface area contributed by atoms with Crippen LogP contribution in [0.4, 0.5) is 0 Å². The minimum atomic E-state index is -1.60. The molecule has 0 aliphatic carbocycles. The number of benzene rings is 1. The van der Waals surface area contributed by atoms with E-state index in [4.69, 9.17) is 5.11 Å². The van der Waals surface area contributed by atoms with Gasteiger partial charge in [-0.3, -0.25) is 4.79 Å². The fraction of sp³-hybridized carbons (Fsp3) is 0.300. The summed E-state index contributed by atoms with van der Waals surface area (Å²) < 4.78 is 0.599. The number of carbonyl (C=O) groups excluding carboxylic acids is 1. The van der Waals surface area contributed by atoms with Crippen LogP contribution in [0.2, 0.25) is 0 Å². The first-order valence-corrected chi connectivity index (χ1v) is 5.11. The SMILES string of the molecule is O=C(CO)[C@@H](O)[C@H](O)c1ccccc1Br. The van der Waals surface area contributed by atoms with Crippen molar-refractivity contribution in [3.05, 3.63) is 34.3 Å². The molecule has 82 valence electrons. The van der Waals surface area contributed by atoms with Gasteiger partial charge in [-0.1, -0.05) is 34.1 Å². The van der Waals surface area contributed by atoms with Crippen molar-refractivity contribution in [2.45, 2.75) is 12.2 Å². The standard InChI is InChI=1S/C10H11BrO4/c11-7-4-2-1-3-6(7)9(14)10(15)8(13)5-12/h1-4,9-10,12,14-15H,5H2/t9-,10-/m1/s1. The molecule has 3 N–H and O–H groups in total. The lowest BCUT2D eigenvalue weighted by Gasteiger charge is -2.17. The van der Waals surface area contributed by atoms with Crippen molar-refractivity contribution in [3.8, 4) is 0 Å². The monoisotopic (exact) mass is 274 g/mol. The van der Waals surface area contributed by atoms with Crippen LogP contribution in [0.3, 0.4) is 0 Å². The molecule has 15 heavy (non-hydrogen) atoms. The van der Waals surface area contributed by atoms with E-state index in [1.165, 1.54) is 0 Å². The topological polar surface area (TPSA) is 77.8 Å². The van der Waals surface area contributed by atoms with Crippen molar-refractivity contribution in [1.29, 1.82) is 0 Å². The first-order chi connectivity index (χ1) is 7.07. The molecule has 0 aromatic heterocycles. The van der Waals surface area contributed by atoms with Crippen molar-refractivity contribution in [2.24, 2.45) is 0 Å². The second kappa shape index (κ2) is 5.37. The van der Waals surface area contributed by atoms with Crippen molar-refractivity contribution >= 4 is 21.7 Å². The Morgan fingerprint density at radius 2 is 1.93 bits per heavy atom. The minimum Gasteiger partial charge on any atom is -0.388 e. The van der Waals surface area contributed by atoms with Gasteiger partial charge in [-0.2, -0.15) is 0 Å². The van der Waals surface area contributed by atoms with Gasteiger partial charge < -0.3 is 15.3 Å². The van der Waals surface area contributed by atoms with Gasteiger partial charge in [0.1, 0.15) is 18.8 Å². The van der Waals surface area contributed by atoms with Gasteiger partial charge >= 0.3 is 0 Å². The molecule has 0 fully saturated rings. The molecule has 0 radical (unpaired) electrons. The van der Waals surface area contributed by atoms with Crippen LogP contribution in [0, 0.1) is 0 Å². The minimum absolute atomic E-state index is 0.409. The van der Waals surface area contributed by atoms with Gasteiger partial charge in [0.05, 0.1) is 0 Å². The van der Waals surface area contributed by atoms with E-state index in [1.807, 2.05) is 0 Å². The molecule has 1 aromatic rings. The molecule has 0 saturated heterocycles. The van der Waals surface area contributed by atoms with E-state index in [9.17, 15) is 15.0 Å². The lowest BCUT2D eigenvalue weighted by molar-refractivity contribution is -0.136. The summed E-state index contributed by atoms with van der Waals surface area (Å²) in [5.74, 6) is -0.807. The highest BCUT2D eigenvalue weighted by atomic mass is 79.9. The zero-order valence-corrected chi connectivity index (χ0v) is 9.39. The predicted molar refractivity (Wildman–Crippen MR) is 57.2 cm³/mol. The summed E-state index contributed by atoms with van der Waals surface area (Å²) in [6.45, 7) is -0.789. The van der Waals surface area contributed by atoms with Crippen LogP contribution in [-0.4, -0.2) is 33.8 Å². The highest BCUT2D eigenvalue weighted by Gasteiger charge is 2.25. The summed E-state index contributed by atoms with van der Waals surface area (Å²) in [6.07, 6.45) is -2.94. The molecule has 0 unspecified atom stereocenters. The molecule has 2 atom stereocenters. The molecule has 0 saturated carbocycles. The summed E-state index contributed by atoms with van der Waals surface area (Å²) in [7, 11) is 0. The largest absolute Gasteiger partial charge is 0.388 e. The number of hydrogen-bond donors (Lipinski definition) is 3. The second-order valence-corrected chi connectivity index (χ2v) is 3.89. The quantitative estimate of drug-likeness (QED) is 0.743. The summed E-state index contributed by atoms with van der Waals surface area (Å²) in [5.41, 5.74) is 0.409. The molecule has 1 aromatic carbocycles. The Morgan fingerprint density at radius 3 is 2.47 bits per heavy atom. The van der Waals surface area contributed by atoms with Crippen molar-refractivity contribution < 1.29 is 20.1 Å². The number of ketones is 1. The third kappa shape index (κ3) is 2.85. The predicted octanol–water partition coefficient (Wildman–Crippen LogP) is 0.405. The van der Waals surface area contributed by atoms with Crippen LogP contribution < -0.4 is 0 Å². The van der Waals surface area contributed by atoms with Crippen LogP contribution in [0.5, 0.6) is 0 Å². The number of rotatable bonds is 4. The van der Waals surface area contributed by atoms with E-state index >= 15 is 0 Å². The molecule has 5 heteroatoms. The molecule has 1 rings (SSSR count). The maximum atomic E-state index is 11.0. The highest BCUT2D eigenvalue weighted by Crippen LogP contribution is 2.25. The van der Waals surface area contributed by atoms with Gasteiger partial charge in [0.25, 0.3) is 0 Å². The summed E-state index contributed by atoms with van der Waals surface area (Å²) in [5, 5.41) is 27.6. The number of hydrogen-bond acceptors (Lipinski definition) is 4. The molecule has 0 heterocycles. The van der Waals surface area contributed by atoms with Crippen molar-refractivity contribution in [2.75, 3.05) is 6.61 Å². The van der Waals surface area contributed by atoms with Gasteiger partial charge in [-0.05, 0) is 11.6 Å². The van der Waals surface area contributed by atoms with E-state index in [2.05, 4.69) is 15.9 Å². The van der Waals surface area contributed by atoms with Gasteiger partial charge in [-0.15, -0.1) is 0 Å². The number of carbonyl (C=O) groups is 1. The molecule has 0 spiro atoms. The lowest BCUT2D eigenvalue weighted by Crippen LogP contribution is -2.30. The molecule has 0 aliphatic heterocycles. The van der Waals surface area contributed by atoms with E-state index < -0.39 is 24.6 Å². The van der Waals surface area contributed by atoms with E-state index in [1.54, 1.807) is 24.3 Å². The van der Waals surface area contributed by atoms with E-state index in [0.29, 0.717) is 10.0 Å². The summed E-state index contributed by atoms with van der Waals surface area (Å²) in [4.78, 5) is 11.0. The average molecular weight is 275 g/mol. The van der Waals surface area contributed by atoms with Gasteiger partial charge in [-0.25, -0.2) is 0 Å². The van der Waals surface area contributed by atoms with Crippen LogP contribution in [-0.2, 0) is 4.79 Å². The fourth-order valence-corrected chi connectivity index (χ4v) is 1.67. The third-order valence-electron chi connectivity index (χ3n) is 2.01. The Morgan fingerprint density at radius 1 is 1.33 bits per heavy atom. The number of aliphatic hydroxyl groups is 3. The van der Waals surface area contributed by atoms with Crippen LogP contribution in [0.25, 0.3) is 0 Å². The Bertz CT molecular complexity index is 353. The summed E-state index contributed by atoms with van der Waals surface area (Å²) >= 11 is 3.19. The maximum absolute atomic E-state index is 11.0. The number of Topliss-reactive ketones (excluding diaryl/α,β-unsaturated/α-hetero) is 1. The van der Waals surface area contributed by atoms with E-state index in [0.717, 1.165) is 0 Å². The van der Waals surface area contributed by atoms with Crippen LogP contribution in [0.1, 0.15) is 11.7 Å². The highest BCUT2D eigenvalue weighted by molar-refractivity contribution is 9.10. The molecule has 4 nitrogen and oxygen atoms in total. The molecule has 0 aliphatic rings. The Labute approximate surface area is 95.3 Å². The molecule has 0 bridgehead atoms. The van der Waals surface area contributed by atoms with Gasteiger partial charge in [0, 0.05) is 4.47 Å². The molecular formula is C10H11BrO4. The Kier molecular flexibility index (Phi) is 4.41. The first-order valence-electron chi connectivity index (χ1n) is 4.32. The van der Waals surface area contributed by atoms with Crippen molar-refractivity contribution in [1.82, 2.24) is 0 Å². The number of halogens is 1. The zero-order chi connectivity index (χ0) is 11.4. The molecular weight excluding hydrogens is 264 g/mol. The normalized spacial score (nSPS) is 14.7. The smallest absolute Gasteiger partial charge is 0.189 e. The Hall–Kier alpha value is -0.750. The maximum Gasteiger partial charge on any atom is 0.189 e. The van der Waals surface area contributed by atoms with Gasteiger partial charge in [0.15, 0.2) is 5.78 Å². The third-order valence-corrected chi connectivity index (χ3v) is 2.73. The molecule has 0 amide bonds. The van der Waals surface area contributed by atoms with E-state index in [-0.39, 0.29) is 0 Å². The number of aliphatic hydroxyl groups excluding tert-OH is 3. The first kappa shape index (κ1) is 12.3. The van der Waals surface area contributed by atoms with Crippen molar-refractivity contribution in [3.63, 3.8) is 0 Å². The van der Waals surface area contributed by atoms with Crippen LogP contribution >= 0.6 is 15.9 Å². The zero-order valence-electron chi connectivity index (χ0n) is 7.80. The Balaban J connectivity index is 2.89. The second-order valence-electron chi connectivity index (χ2n) is 3.04. The van der Waals surface area contributed by atoms with Gasteiger partial charge in [0.2, 0.25) is 0 Å². The fourth-order valence-electron chi connectivity index (χ4n) is 1.15.